The van der Waals surface area contributed by atoms with E-state index < -0.39 is 0 Å². The molecule has 0 radical (unpaired) electrons. The van der Waals surface area contributed by atoms with Crippen LogP contribution in [-0.2, 0) is 0 Å². The molecule has 1 aromatic carbocycles. The zero-order valence-corrected chi connectivity index (χ0v) is 15.0. The van der Waals surface area contributed by atoms with E-state index in [1.54, 1.807) is 11.3 Å². The average molecular weight is 353 g/mol. The molecule has 0 saturated carbocycles. The molecule has 2 aliphatic rings. The average Bonchev–Trinajstić information content (AvgIpc) is 3.35. The minimum absolute atomic E-state index is 0.0410. The van der Waals surface area contributed by atoms with E-state index in [2.05, 4.69) is 27.1 Å². The molecule has 4 heterocycles. The Hall–Kier alpha value is -2.25. The first-order valence-electron chi connectivity index (χ1n) is 8.52. The van der Waals surface area contributed by atoms with E-state index in [4.69, 9.17) is 0 Å². The third-order valence-electron chi connectivity index (χ3n) is 5.41. The van der Waals surface area contributed by atoms with Crippen molar-refractivity contribution in [1.29, 1.82) is 0 Å². The number of piperazine rings is 1. The maximum absolute atomic E-state index is 13.1. The Kier molecular flexibility index (Phi) is 3.23. The van der Waals surface area contributed by atoms with Gasteiger partial charge >= 0.3 is 0 Å². The first-order chi connectivity index (χ1) is 12.1. The number of aromatic amines is 1. The summed E-state index contributed by atoms with van der Waals surface area (Å²) < 4.78 is 0. The number of nitrogens with zero attached hydrogens (tertiary/aromatic N) is 4. The highest BCUT2D eigenvalue weighted by atomic mass is 32.1. The molecule has 7 heteroatoms. The zero-order valence-electron chi connectivity index (χ0n) is 14.2. The number of carbonyl (C=O) groups is 1. The summed E-state index contributed by atoms with van der Waals surface area (Å²) in [5.74, 6) is 0.0410. The molecule has 3 aromatic rings. The SMILES string of the molecule is Cc1cnc(-c2ccc3[nH]nc(C(=O)N4CC5CC4CN5C)c3c2)s1. The third kappa shape index (κ3) is 2.30. The van der Waals surface area contributed by atoms with Gasteiger partial charge in [-0.05, 0) is 38.6 Å². The summed E-state index contributed by atoms with van der Waals surface area (Å²) in [6.45, 7) is 3.81. The van der Waals surface area contributed by atoms with Crippen LogP contribution in [0.5, 0.6) is 0 Å². The molecule has 2 saturated heterocycles. The molecule has 2 fully saturated rings. The Labute approximate surface area is 149 Å². The van der Waals surface area contributed by atoms with Crippen LogP contribution in [0.3, 0.4) is 0 Å². The van der Waals surface area contributed by atoms with E-state index in [0.717, 1.165) is 41.0 Å². The Morgan fingerprint density at radius 2 is 2.20 bits per heavy atom. The summed E-state index contributed by atoms with van der Waals surface area (Å²) in [6, 6.07) is 6.85. The van der Waals surface area contributed by atoms with Crippen molar-refractivity contribution in [3.8, 4) is 10.6 Å². The molecule has 0 spiro atoms. The Morgan fingerprint density at radius 3 is 2.88 bits per heavy atom. The van der Waals surface area contributed by atoms with Gasteiger partial charge in [0.25, 0.3) is 5.91 Å². The molecule has 2 atom stereocenters. The van der Waals surface area contributed by atoms with Gasteiger partial charge in [-0.1, -0.05) is 0 Å². The quantitative estimate of drug-likeness (QED) is 0.769. The highest BCUT2D eigenvalue weighted by molar-refractivity contribution is 7.14. The third-order valence-corrected chi connectivity index (χ3v) is 6.37. The maximum atomic E-state index is 13.1. The van der Waals surface area contributed by atoms with Gasteiger partial charge in [-0.3, -0.25) is 14.8 Å². The van der Waals surface area contributed by atoms with E-state index in [0.29, 0.717) is 17.8 Å². The van der Waals surface area contributed by atoms with Crippen molar-refractivity contribution < 1.29 is 4.79 Å². The van der Waals surface area contributed by atoms with Crippen LogP contribution in [0, 0.1) is 6.92 Å². The predicted molar refractivity (Wildman–Crippen MR) is 97.8 cm³/mol. The standard InChI is InChI=1S/C18H19N5OS/c1-10-7-19-17(25-10)11-3-4-15-14(5-11)16(21-20-15)18(24)23-9-12-6-13(23)8-22(12)2/h3-5,7,12-13H,6,8-9H2,1-2H3,(H,20,21). The number of amides is 1. The van der Waals surface area contributed by atoms with Crippen molar-refractivity contribution >= 4 is 28.1 Å². The van der Waals surface area contributed by atoms with Gasteiger partial charge in [-0.25, -0.2) is 4.98 Å². The first-order valence-corrected chi connectivity index (χ1v) is 9.34. The molecule has 6 nitrogen and oxygen atoms in total. The molecular weight excluding hydrogens is 334 g/mol. The summed E-state index contributed by atoms with van der Waals surface area (Å²) in [4.78, 5) is 23.1. The maximum Gasteiger partial charge on any atom is 0.275 e. The number of benzene rings is 1. The summed E-state index contributed by atoms with van der Waals surface area (Å²) in [5.41, 5.74) is 2.45. The van der Waals surface area contributed by atoms with Crippen LogP contribution < -0.4 is 0 Å². The van der Waals surface area contributed by atoms with Crippen molar-refractivity contribution in [2.45, 2.75) is 25.4 Å². The fourth-order valence-corrected chi connectivity index (χ4v) is 4.81. The number of hydrogen-bond donors (Lipinski definition) is 1. The summed E-state index contributed by atoms with van der Waals surface area (Å²) >= 11 is 1.66. The lowest BCUT2D eigenvalue weighted by molar-refractivity contribution is 0.0646. The van der Waals surface area contributed by atoms with Gasteiger partial charge in [0.05, 0.1) is 5.52 Å². The number of likely N-dealkylation sites (N-methyl/N-ethyl adjacent to an activating group) is 1. The van der Waals surface area contributed by atoms with Gasteiger partial charge in [0, 0.05) is 47.2 Å². The van der Waals surface area contributed by atoms with Crippen LogP contribution >= 0.6 is 11.3 Å². The fourth-order valence-electron chi connectivity index (χ4n) is 4.05. The number of aromatic nitrogens is 3. The van der Waals surface area contributed by atoms with Crippen molar-refractivity contribution in [2.24, 2.45) is 0 Å². The fraction of sp³-hybridized carbons (Fsp3) is 0.389. The predicted octanol–water partition coefficient (Wildman–Crippen LogP) is 2.52. The minimum Gasteiger partial charge on any atom is -0.331 e. The second kappa shape index (κ2) is 5.37. The van der Waals surface area contributed by atoms with Crippen LogP contribution in [0.15, 0.2) is 24.4 Å². The number of fused-ring (bicyclic) bond motifs is 3. The Morgan fingerprint density at radius 1 is 1.32 bits per heavy atom. The molecule has 25 heavy (non-hydrogen) atoms. The van der Waals surface area contributed by atoms with Gasteiger partial charge in [-0.15, -0.1) is 11.3 Å². The molecule has 0 aliphatic carbocycles. The number of rotatable bonds is 2. The first kappa shape index (κ1) is 15.0. The molecule has 1 N–H and O–H groups in total. The van der Waals surface area contributed by atoms with Gasteiger partial charge < -0.3 is 4.90 Å². The Bertz CT molecular complexity index is 975. The number of hydrogen-bond acceptors (Lipinski definition) is 5. The Balaban J connectivity index is 1.52. The summed E-state index contributed by atoms with van der Waals surface area (Å²) in [5, 5.41) is 9.19. The number of thiazole rings is 1. The lowest BCUT2D eigenvalue weighted by Crippen LogP contribution is -2.47. The second-order valence-corrected chi connectivity index (χ2v) is 8.28. The topological polar surface area (TPSA) is 65.1 Å². The van der Waals surface area contributed by atoms with Crippen LogP contribution in [-0.4, -0.2) is 63.1 Å². The molecule has 2 bridgehead atoms. The molecule has 2 aliphatic heterocycles. The summed E-state index contributed by atoms with van der Waals surface area (Å²) in [6.07, 6.45) is 2.96. The van der Waals surface area contributed by atoms with Gasteiger partial charge in [0.15, 0.2) is 5.69 Å². The van der Waals surface area contributed by atoms with E-state index in [1.807, 2.05) is 36.2 Å². The van der Waals surface area contributed by atoms with Crippen LogP contribution in [0.2, 0.25) is 0 Å². The molecule has 5 rings (SSSR count). The number of nitrogens with one attached hydrogen (secondary N) is 1. The van der Waals surface area contributed by atoms with Gasteiger partial charge in [-0.2, -0.15) is 5.10 Å². The monoisotopic (exact) mass is 353 g/mol. The molecule has 2 aromatic heterocycles. The normalized spacial score (nSPS) is 23.0. The highest BCUT2D eigenvalue weighted by Crippen LogP contribution is 2.33. The van der Waals surface area contributed by atoms with E-state index in [-0.39, 0.29) is 5.91 Å². The largest absolute Gasteiger partial charge is 0.331 e. The number of aryl methyl sites for hydroxylation is 1. The molecular formula is C18H19N5OS. The number of H-pyrrole nitrogens is 1. The van der Waals surface area contributed by atoms with Crippen molar-refractivity contribution in [1.82, 2.24) is 25.0 Å². The van der Waals surface area contributed by atoms with Gasteiger partial charge in [0.1, 0.15) is 5.01 Å². The highest BCUT2D eigenvalue weighted by Gasteiger charge is 2.44. The van der Waals surface area contributed by atoms with Crippen LogP contribution in [0.4, 0.5) is 0 Å². The van der Waals surface area contributed by atoms with Gasteiger partial charge in [0.2, 0.25) is 0 Å². The van der Waals surface area contributed by atoms with Crippen molar-refractivity contribution in [3.63, 3.8) is 0 Å². The lowest BCUT2D eigenvalue weighted by atomic mass is 10.1. The van der Waals surface area contributed by atoms with Crippen molar-refractivity contribution in [3.05, 3.63) is 35.0 Å². The number of likely N-dealkylation sites (tertiary alicyclic amines) is 2. The smallest absolute Gasteiger partial charge is 0.275 e. The lowest BCUT2D eigenvalue weighted by Gasteiger charge is -2.31. The number of carbonyl (C=O) groups excluding carboxylic acids is 1. The van der Waals surface area contributed by atoms with E-state index >= 15 is 0 Å². The molecule has 1 amide bonds. The molecule has 2 unspecified atom stereocenters. The van der Waals surface area contributed by atoms with E-state index in [9.17, 15) is 4.79 Å². The molecule has 128 valence electrons. The summed E-state index contributed by atoms with van der Waals surface area (Å²) in [7, 11) is 2.14. The second-order valence-electron chi connectivity index (χ2n) is 7.05. The van der Waals surface area contributed by atoms with Crippen LogP contribution in [0.1, 0.15) is 21.8 Å². The zero-order chi connectivity index (χ0) is 17.1. The van der Waals surface area contributed by atoms with E-state index in [1.165, 1.54) is 4.88 Å². The van der Waals surface area contributed by atoms with Crippen LogP contribution in [0.25, 0.3) is 21.5 Å². The van der Waals surface area contributed by atoms with Crippen molar-refractivity contribution in [2.75, 3.05) is 20.1 Å². The minimum atomic E-state index is 0.0410.